The van der Waals surface area contributed by atoms with Crippen molar-refractivity contribution in [1.82, 2.24) is 4.98 Å². The molecule has 0 unspecified atom stereocenters. The van der Waals surface area contributed by atoms with Gasteiger partial charge in [0.1, 0.15) is 11.9 Å². The smallest absolute Gasteiger partial charge is 0.339 e. The molecular weight excluding hydrogens is 268 g/mol. The van der Waals surface area contributed by atoms with Crippen LogP contribution in [-0.2, 0) is 9.47 Å². The highest BCUT2D eigenvalue weighted by Crippen LogP contribution is 2.23. The Kier molecular flexibility index (Phi) is 4.10. The highest BCUT2D eigenvalue weighted by molar-refractivity contribution is 5.89. The number of aromatic nitrogens is 1. The van der Waals surface area contributed by atoms with E-state index in [4.69, 9.17) is 9.47 Å². The van der Waals surface area contributed by atoms with Crippen molar-refractivity contribution >= 4 is 11.8 Å². The zero-order chi connectivity index (χ0) is 14.8. The molecule has 0 amide bonds. The number of hydrogen-bond acceptors (Lipinski definition) is 5. The molecule has 3 rings (SSSR count). The summed E-state index contributed by atoms with van der Waals surface area (Å²) in [5.41, 5.74) is 0.528. The second kappa shape index (κ2) is 6.02. The molecule has 21 heavy (non-hydrogen) atoms. The molecule has 2 aliphatic rings. The van der Waals surface area contributed by atoms with Gasteiger partial charge < -0.3 is 14.4 Å². The number of hydrogen-bond donors (Lipinski definition) is 0. The topological polar surface area (TPSA) is 51.7 Å². The van der Waals surface area contributed by atoms with Crippen molar-refractivity contribution in [3.05, 3.63) is 23.9 Å². The number of morpholine rings is 1. The van der Waals surface area contributed by atoms with Gasteiger partial charge in [0.2, 0.25) is 0 Å². The first-order valence-electron chi connectivity index (χ1n) is 7.69. The van der Waals surface area contributed by atoms with Gasteiger partial charge in [-0.25, -0.2) is 9.78 Å². The lowest BCUT2D eigenvalue weighted by Crippen LogP contribution is -2.45. The minimum absolute atomic E-state index is 0.109. The Morgan fingerprint density at radius 2 is 2.00 bits per heavy atom. The van der Waals surface area contributed by atoms with Gasteiger partial charge in [0.05, 0.1) is 17.8 Å². The van der Waals surface area contributed by atoms with Gasteiger partial charge in [-0.2, -0.15) is 0 Å². The molecule has 0 bridgehead atoms. The van der Waals surface area contributed by atoms with E-state index < -0.39 is 0 Å². The largest absolute Gasteiger partial charge is 0.459 e. The van der Waals surface area contributed by atoms with Crippen LogP contribution in [0.4, 0.5) is 5.82 Å². The first-order valence-corrected chi connectivity index (χ1v) is 7.69. The van der Waals surface area contributed by atoms with Crippen LogP contribution in [0.25, 0.3) is 0 Å². The Bertz CT molecular complexity index is 489. The molecule has 2 atom stereocenters. The van der Waals surface area contributed by atoms with Crippen LogP contribution in [-0.4, -0.2) is 42.4 Å². The first kappa shape index (κ1) is 14.3. The van der Waals surface area contributed by atoms with Gasteiger partial charge in [0, 0.05) is 19.3 Å². The summed E-state index contributed by atoms with van der Waals surface area (Å²) in [5.74, 6) is 0.625. The quantitative estimate of drug-likeness (QED) is 0.800. The van der Waals surface area contributed by atoms with Crippen molar-refractivity contribution in [3.63, 3.8) is 0 Å². The van der Waals surface area contributed by atoms with E-state index >= 15 is 0 Å². The average molecular weight is 290 g/mol. The van der Waals surface area contributed by atoms with Crippen LogP contribution in [0, 0.1) is 0 Å². The zero-order valence-electron chi connectivity index (χ0n) is 12.6. The predicted molar refractivity (Wildman–Crippen MR) is 79.5 cm³/mol. The van der Waals surface area contributed by atoms with Crippen molar-refractivity contribution < 1.29 is 14.3 Å². The second-order valence-corrected chi connectivity index (χ2v) is 6.03. The predicted octanol–water partition coefficient (Wildman–Crippen LogP) is 2.40. The van der Waals surface area contributed by atoms with Crippen LogP contribution in [0.15, 0.2) is 18.3 Å². The van der Waals surface area contributed by atoms with Gasteiger partial charge in [-0.1, -0.05) is 0 Å². The maximum atomic E-state index is 11.9. The molecule has 114 valence electrons. The van der Waals surface area contributed by atoms with E-state index in [1.807, 2.05) is 6.07 Å². The Labute approximate surface area is 125 Å². The molecule has 1 aromatic rings. The number of nitrogens with zero attached hydrogens (tertiary/aromatic N) is 2. The van der Waals surface area contributed by atoms with Crippen LogP contribution < -0.4 is 4.90 Å². The number of carbonyl (C=O) groups excluding carboxylic acids is 1. The van der Waals surface area contributed by atoms with E-state index in [0.717, 1.165) is 38.2 Å². The summed E-state index contributed by atoms with van der Waals surface area (Å²) < 4.78 is 11.1. The minimum atomic E-state index is -0.262. The molecule has 0 spiro atoms. The maximum Gasteiger partial charge on any atom is 0.339 e. The SMILES string of the molecule is C[C@H]1CN(c2ccc(C(=O)OC3CCC3)cn2)C[C@H](C)O1. The zero-order valence-corrected chi connectivity index (χ0v) is 12.6. The third-order valence-electron chi connectivity index (χ3n) is 4.05. The Morgan fingerprint density at radius 3 is 2.52 bits per heavy atom. The number of ether oxygens (including phenoxy) is 2. The molecule has 1 aliphatic heterocycles. The molecule has 0 radical (unpaired) electrons. The number of carbonyl (C=O) groups is 1. The molecule has 1 saturated carbocycles. The summed E-state index contributed by atoms with van der Waals surface area (Å²) in [6.45, 7) is 5.77. The fourth-order valence-corrected chi connectivity index (χ4v) is 2.77. The third kappa shape index (κ3) is 3.35. The van der Waals surface area contributed by atoms with E-state index in [9.17, 15) is 4.79 Å². The monoisotopic (exact) mass is 290 g/mol. The average Bonchev–Trinajstić information content (AvgIpc) is 2.42. The maximum absolute atomic E-state index is 11.9. The van der Waals surface area contributed by atoms with E-state index in [-0.39, 0.29) is 24.3 Å². The summed E-state index contributed by atoms with van der Waals surface area (Å²) in [4.78, 5) is 18.6. The van der Waals surface area contributed by atoms with Crippen molar-refractivity contribution in [1.29, 1.82) is 0 Å². The van der Waals surface area contributed by atoms with Gasteiger partial charge in [0.15, 0.2) is 0 Å². The molecule has 0 N–H and O–H groups in total. The number of pyridine rings is 1. The van der Waals surface area contributed by atoms with E-state index in [1.54, 1.807) is 12.3 Å². The molecule has 1 saturated heterocycles. The third-order valence-corrected chi connectivity index (χ3v) is 4.05. The number of anilines is 1. The van der Waals surface area contributed by atoms with E-state index in [1.165, 1.54) is 0 Å². The van der Waals surface area contributed by atoms with Crippen molar-refractivity contribution in [2.45, 2.75) is 51.4 Å². The van der Waals surface area contributed by atoms with Gasteiger partial charge in [-0.3, -0.25) is 0 Å². The Hall–Kier alpha value is -1.62. The summed E-state index contributed by atoms with van der Waals surface area (Å²) in [7, 11) is 0. The van der Waals surface area contributed by atoms with Crippen LogP contribution in [0.3, 0.4) is 0 Å². The minimum Gasteiger partial charge on any atom is -0.459 e. The van der Waals surface area contributed by atoms with Crippen molar-refractivity contribution in [2.75, 3.05) is 18.0 Å². The van der Waals surface area contributed by atoms with Crippen LogP contribution >= 0.6 is 0 Å². The van der Waals surface area contributed by atoms with Gasteiger partial charge in [-0.15, -0.1) is 0 Å². The van der Waals surface area contributed by atoms with Gasteiger partial charge in [0.25, 0.3) is 0 Å². The Balaban J connectivity index is 1.64. The Morgan fingerprint density at radius 1 is 1.29 bits per heavy atom. The lowest BCUT2D eigenvalue weighted by atomic mass is 9.96. The second-order valence-electron chi connectivity index (χ2n) is 6.03. The molecular formula is C16H22N2O3. The molecule has 2 heterocycles. The molecule has 5 heteroatoms. The fraction of sp³-hybridized carbons (Fsp3) is 0.625. The molecule has 5 nitrogen and oxygen atoms in total. The highest BCUT2D eigenvalue weighted by Gasteiger charge is 2.24. The number of rotatable bonds is 3. The first-order chi connectivity index (χ1) is 10.1. The fourth-order valence-electron chi connectivity index (χ4n) is 2.77. The summed E-state index contributed by atoms with van der Waals surface area (Å²) in [6, 6.07) is 3.69. The van der Waals surface area contributed by atoms with E-state index in [2.05, 4.69) is 23.7 Å². The van der Waals surface area contributed by atoms with Crippen LogP contribution in [0.1, 0.15) is 43.5 Å². The van der Waals surface area contributed by atoms with Gasteiger partial charge >= 0.3 is 5.97 Å². The number of esters is 1. The van der Waals surface area contributed by atoms with Crippen molar-refractivity contribution in [3.8, 4) is 0 Å². The summed E-state index contributed by atoms with van der Waals surface area (Å²) >= 11 is 0. The summed E-state index contributed by atoms with van der Waals surface area (Å²) in [6.07, 6.45) is 5.24. The van der Waals surface area contributed by atoms with Crippen LogP contribution in [0.5, 0.6) is 0 Å². The lowest BCUT2D eigenvalue weighted by molar-refractivity contribution is -0.00551. The molecule has 1 aromatic heterocycles. The normalized spacial score (nSPS) is 26.3. The van der Waals surface area contributed by atoms with E-state index in [0.29, 0.717) is 5.56 Å². The molecule has 2 fully saturated rings. The lowest BCUT2D eigenvalue weighted by Gasteiger charge is -2.36. The van der Waals surface area contributed by atoms with Crippen molar-refractivity contribution in [2.24, 2.45) is 0 Å². The molecule has 1 aliphatic carbocycles. The van der Waals surface area contributed by atoms with Gasteiger partial charge in [-0.05, 0) is 45.2 Å². The standard InChI is InChI=1S/C16H22N2O3/c1-11-9-18(10-12(2)20-11)15-7-6-13(8-17-15)16(19)21-14-4-3-5-14/h6-8,11-12,14H,3-5,9-10H2,1-2H3/t11-,12-/m0/s1. The molecule has 0 aromatic carbocycles. The highest BCUT2D eigenvalue weighted by atomic mass is 16.5. The summed E-state index contributed by atoms with van der Waals surface area (Å²) in [5, 5.41) is 0. The van der Waals surface area contributed by atoms with Crippen LogP contribution in [0.2, 0.25) is 0 Å².